The molecule has 1 heterocycles. The molecule has 6 nitrogen and oxygen atoms in total. The number of hydrogen-bond acceptors (Lipinski definition) is 4. The molecule has 27 heavy (non-hydrogen) atoms. The maximum absolute atomic E-state index is 4.41. The first-order valence-electron chi connectivity index (χ1n) is 10.4. The molecule has 0 saturated carbocycles. The number of likely N-dealkylation sites (N-methyl/N-ethyl adjacent to an activating group) is 1. The van der Waals surface area contributed by atoms with Gasteiger partial charge in [-0.1, -0.05) is 13.8 Å². The molecule has 0 radical (unpaired) electrons. The molecule has 2 N–H and O–H groups in total. The molecule has 1 aliphatic rings. The van der Waals surface area contributed by atoms with Crippen LogP contribution in [0.25, 0.3) is 0 Å². The number of aliphatic imine (C=N–C) groups is 1. The Bertz CT molecular complexity index is 397. The molecule has 0 aliphatic carbocycles. The van der Waals surface area contributed by atoms with E-state index in [0.29, 0.717) is 24.0 Å². The van der Waals surface area contributed by atoms with Crippen molar-refractivity contribution in [3.05, 3.63) is 0 Å². The van der Waals surface area contributed by atoms with Gasteiger partial charge in [0.25, 0.3) is 0 Å². The van der Waals surface area contributed by atoms with E-state index in [1.807, 2.05) is 7.05 Å². The third-order valence-electron chi connectivity index (χ3n) is 5.47. The molecule has 1 saturated heterocycles. The maximum Gasteiger partial charge on any atom is 0.191 e. The number of guanidine groups is 1. The summed E-state index contributed by atoms with van der Waals surface area (Å²) in [6, 6.07) is 1.67. The van der Waals surface area contributed by atoms with Crippen LogP contribution in [0.1, 0.15) is 41.5 Å². The molecule has 0 aromatic heterocycles. The van der Waals surface area contributed by atoms with Crippen LogP contribution in [-0.2, 0) is 0 Å². The van der Waals surface area contributed by atoms with E-state index in [0.717, 1.165) is 51.8 Å². The number of rotatable bonds is 9. The molecule has 0 spiro atoms. The van der Waals surface area contributed by atoms with Crippen LogP contribution in [0.4, 0.5) is 0 Å². The second-order valence-corrected chi connectivity index (χ2v) is 8.46. The fourth-order valence-electron chi connectivity index (χ4n) is 3.78. The van der Waals surface area contributed by atoms with Crippen molar-refractivity contribution in [3.8, 4) is 0 Å². The highest BCUT2D eigenvalue weighted by Gasteiger charge is 2.25. The lowest BCUT2D eigenvalue weighted by Gasteiger charge is -2.40. The van der Waals surface area contributed by atoms with Gasteiger partial charge in [-0.3, -0.25) is 14.8 Å². The lowest BCUT2D eigenvalue weighted by atomic mass is 10.0. The summed E-state index contributed by atoms with van der Waals surface area (Å²) in [6.45, 7) is 21.2. The third-order valence-corrected chi connectivity index (χ3v) is 5.47. The summed E-state index contributed by atoms with van der Waals surface area (Å²) in [5.41, 5.74) is 0. The van der Waals surface area contributed by atoms with Crippen LogP contribution in [0.15, 0.2) is 4.99 Å². The topological polar surface area (TPSA) is 46.1 Å². The minimum Gasteiger partial charge on any atom is -0.355 e. The monoisotopic (exact) mass is 496 g/mol. The molecule has 1 aliphatic heterocycles. The Kier molecular flexibility index (Phi) is 13.9. The van der Waals surface area contributed by atoms with Crippen molar-refractivity contribution in [3.63, 3.8) is 0 Å². The van der Waals surface area contributed by atoms with E-state index >= 15 is 0 Å². The van der Waals surface area contributed by atoms with Crippen LogP contribution >= 0.6 is 24.0 Å². The van der Waals surface area contributed by atoms with Crippen LogP contribution in [-0.4, -0.2) is 98.7 Å². The molecule has 162 valence electrons. The SMILES string of the molecule is CN=C(NCCN(C(C)C)C(C)C)NCC(C(C)C)N1CCN(C)CC1.I. The zero-order valence-electron chi connectivity index (χ0n) is 19.0. The second-order valence-electron chi connectivity index (χ2n) is 8.46. The third kappa shape index (κ3) is 9.76. The van der Waals surface area contributed by atoms with Gasteiger partial charge >= 0.3 is 0 Å². The molecule has 7 heteroatoms. The number of hydrogen-bond donors (Lipinski definition) is 2. The lowest BCUT2D eigenvalue weighted by Crippen LogP contribution is -2.55. The molecular formula is C20H45IN6. The summed E-state index contributed by atoms with van der Waals surface area (Å²) >= 11 is 0. The summed E-state index contributed by atoms with van der Waals surface area (Å²) < 4.78 is 0. The van der Waals surface area contributed by atoms with Gasteiger partial charge < -0.3 is 15.5 Å². The highest BCUT2D eigenvalue weighted by atomic mass is 127. The molecule has 0 bridgehead atoms. The van der Waals surface area contributed by atoms with Crippen molar-refractivity contribution in [2.24, 2.45) is 10.9 Å². The molecule has 0 amide bonds. The Labute approximate surface area is 185 Å². The van der Waals surface area contributed by atoms with E-state index < -0.39 is 0 Å². The smallest absolute Gasteiger partial charge is 0.191 e. The number of halogens is 1. The normalized spacial score (nSPS) is 18.3. The van der Waals surface area contributed by atoms with Crippen molar-refractivity contribution in [2.75, 3.05) is 59.9 Å². The van der Waals surface area contributed by atoms with Crippen LogP contribution in [0.3, 0.4) is 0 Å². The molecule has 1 rings (SSSR count). The van der Waals surface area contributed by atoms with Crippen molar-refractivity contribution < 1.29 is 0 Å². The van der Waals surface area contributed by atoms with E-state index in [2.05, 4.69) is 78.9 Å². The number of piperazine rings is 1. The van der Waals surface area contributed by atoms with Crippen LogP contribution in [0, 0.1) is 5.92 Å². The van der Waals surface area contributed by atoms with Gasteiger partial charge in [0.15, 0.2) is 5.96 Å². The first-order valence-corrected chi connectivity index (χ1v) is 10.4. The zero-order valence-corrected chi connectivity index (χ0v) is 21.3. The minimum absolute atomic E-state index is 0. The lowest BCUT2D eigenvalue weighted by molar-refractivity contribution is 0.0900. The fourth-order valence-corrected chi connectivity index (χ4v) is 3.78. The zero-order chi connectivity index (χ0) is 19.7. The summed E-state index contributed by atoms with van der Waals surface area (Å²) in [5, 5.41) is 7.04. The van der Waals surface area contributed by atoms with Gasteiger partial charge in [0.2, 0.25) is 0 Å². The van der Waals surface area contributed by atoms with E-state index in [-0.39, 0.29) is 24.0 Å². The predicted molar refractivity (Wildman–Crippen MR) is 129 cm³/mol. The van der Waals surface area contributed by atoms with Crippen LogP contribution < -0.4 is 10.6 Å². The Hall–Kier alpha value is -0.120. The number of nitrogens with one attached hydrogen (secondary N) is 2. The van der Waals surface area contributed by atoms with Gasteiger partial charge in [0.1, 0.15) is 0 Å². The van der Waals surface area contributed by atoms with E-state index in [4.69, 9.17) is 0 Å². The highest BCUT2D eigenvalue weighted by Crippen LogP contribution is 2.12. The molecule has 0 aromatic carbocycles. The van der Waals surface area contributed by atoms with E-state index in [9.17, 15) is 0 Å². The minimum atomic E-state index is 0. The van der Waals surface area contributed by atoms with E-state index in [1.54, 1.807) is 0 Å². The van der Waals surface area contributed by atoms with Crippen molar-refractivity contribution in [2.45, 2.75) is 59.7 Å². The average molecular weight is 497 g/mol. The molecule has 1 atom stereocenters. The molecule has 0 aromatic rings. The summed E-state index contributed by atoms with van der Waals surface area (Å²) in [5.74, 6) is 1.54. The first-order chi connectivity index (χ1) is 12.3. The second kappa shape index (κ2) is 14.0. The number of nitrogens with zero attached hydrogens (tertiary/aromatic N) is 4. The van der Waals surface area contributed by atoms with Crippen molar-refractivity contribution in [1.29, 1.82) is 0 Å². The standard InChI is InChI=1S/C20H44N6.HI/c1-16(2)19(25-13-11-24(8)12-14-25)15-23-20(21-7)22-9-10-26(17(3)4)18(5)6;/h16-19H,9-15H2,1-8H3,(H2,21,22,23);1H. The first kappa shape index (κ1) is 26.9. The molecule has 1 unspecified atom stereocenters. The van der Waals surface area contributed by atoms with Gasteiger partial charge in [-0.25, -0.2) is 0 Å². The largest absolute Gasteiger partial charge is 0.355 e. The Balaban J connectivity index is 0.00000676. The summed E-state index contributed by atoms with van der Waals surface area (Å²) in [6.07, 6.45) is 0. The fraction of sp³-hybridized carbons (Fsp3) is 0.950. The van der Waals surface area contributed by atoms with Crippen molar-refractivity contribution >= 4 is 29.9 Å². The molecule has 1 fully saturated rings. The van der Waals surface area contributed by atoms with Gasteiger partial charge in [0.05, 0.1) is 0 Å². The Morgan fingerprint density at radius 1 is 0.963 bits per heavy atom. The van der Waals surface area contributed by atoms with Gasteiger partial charge in [0, 0.05) is 71.0 Å². The average Bonchev–Trinajstić information content (AvgIpc) is 2.57. The Morgan fingerprint density at radius 2 is 1.52 bits per heavy atom. The van der Waals surface area contributed by atoms with Gasteiger partial charge in [-0.05, 0) is 40.7 Å². The molecular weight excluding hydrogens is 451 g/mol. The Morgan fingerprint density at radius 3 is 1.96 bits per heavy atom. The van der Waals surface area contributed by atoms with Gasteiger partial charge in [-0.2, -0.15) is 0 Å². The quantitative estimate of drug-likeness (QED) is 0.291. The van der Waals surface area contributed by atoms with Crippen LogP contribution in [0.5, 0.6) is 0 Å². The van der Waals surface area contributed by atoms with Gasteiger partial charge in [-0.15, -0.1) is 24.0 Å². The van der Waals surface area contributed by atoms with Crippen LogP contribution in [0.2, 0.25) is 0 Å². The summed E-state index contributed by atoms with van der Waals surface area (Å²) in [7, 11) is 4.07. The maximum atomic E-state index is 4.41. The highest BCUT2D eigenvalue weighted by molar-refractivity contribution is 14.0. The van der Waals surface area contributed by atoms with E-state index in [1.165, 1.54) is 0 Å². The van der Waals surface area contributed by atoms with Crippen molar-refractivity contribution in [1.82, 2.24) is 25.3 Å². The predicted octanol–water partition coefficient (Wildman–Crippen LogP) is 2.16. The summed E-state index contributed by atoms with van der Waals surface area (Å²) in [4.78, 5) is 12.0.